The summed E-state index contributed by atoms with van der Waals surface area (Å²) < 4.78 is 27.3. The van der Waals surface area contributed by atoms with Crippen LogP contribution in [0, 0.1) is 13.8 Å². The number of nitrogens with zero attached hydrogens (tertiary/aromatic N) is 1. The minimum Gasteiger partial charge on any atom is -0.508 e. The number of nitrogens with one attached hydrogen (secondary N) is 1. The Bertz CT molecular complexity index is 975. The average molecular weight is 404 g/mol. The number of aromatic hydroxyl groups is 2. The number of amides is 1. The van der Waals surface area contributed by atoms with Crippen LogP contribution in [0.4, 0.5) is 0 Å². The zero-order valence-electron chi connectivity index (χ0n) is 15.8. The normalized spacial score (nSPS) is 16.1. The van der Waals surface area contributed by atoms with E-state index in [0.717, 1.165) is 17.2 Å². The number of piperidine rings is 1. The van der Waals surface area contributed by atoms with E-state index in [9.17, 15) is 23.4 Å². The first-order chi connectivity index (χ1) is 13.2. The number of benzene rings is 2. The van der Waals surface area contributed by atoms with Gasteiger partial charge in [-0.3, -0.25) is 4.79 Å². The maximum atomic E-state index is 12.9. The maximum absolute atomic E-state index is 12.9. The molecule has 1 aliphatic heterocycles. The van der Waals surface area contributed by atoms with Crippen molar-refractivity contribution in [3.8, 4) is 11.5 Å². The first-order valence-corrected chi connectivity index (χ1v) is 10.5. The van der Waals surface area contributed by atoms with Crippen molar-refractivity contribution in [3.63, 3.8) is 0 Å². The molecule has 1 heterocycles. The summed E-state index contributed by atoms with van der Waals surface area (Å²) in [6.07, 6.45) is 0.974. The molecule has 0 unspecified atom stereocenters. The van der Waals surface area contributed by atoms with Gasteiger partial charge in [0.2, 0.25) is 10.0 Å². The zero-order valence-corrected chi connectivity index (χ0v) is 16.7. The second-order valence-corrected chi connectivity index (χ2v) is 9.07. The topological polar surface area (TPSA) is 107 Å². The third-order valence-corrected chi connectivity index (χ3v) is 6.96. The van der Waals surface area contributed by atoms with Gasteiger partial charge in [-0.25, -0.2) is 8.42 Å². The summed E-state index contributed by atoms with van der Waals surface area (Å²) in [6.45, 7) is 4.33. The van der Waals surface area contributed by atoms with Crippen molar-refractivity contribution >= 4 is 15.9 Å². The van der Waals surface area contributed by atoms with E-state index in [-0.39, 0.29) is 23.1 Å². The zero-order chi connectivity index (χ0) is 20.5. The summed E-state index contributed by atoms with van der Waals surface area (Å²) >= 11 is 0. The van der Waals surface area contributed by atoms with Crippen LogP contribution in [0.3, 0.4) is 0 Å². The molecule has 150 valence electrons. The Balaban J connectivity index is 1.64. The highest BCUT2D eigenvalue weighted by molar-refractivity contribution is 7.89. The number of rotatable bonds is 4. The lowest BCUT2D eigenvalue weighted by Crippen LogP contribution is -2.46. The van der Waals surface area contributed by atoms with Crippen LogP contribution in [0.15, 0.2) is 41.3 Å². The van der Waals surface area contributed by atoms with Crippen molar-refractivity contribution in [1.29, 1.82) is 0 Å². The molecule has 0 spiro atoms. The van der Waals surface area contributed by atoms with E-state index >= 15 is 0 Å². The van der Waals surface area contributed by atoms with Crippen LogP contribution in [-0.2, 0) is 10.0 Å². The number of aryl methyl sites for hydroxylation is 2. The molecule has 0 saturated carbocycles. The molecule has 3 rings (SSSR count). The molecule has 2 aromatic carbocycles. The molecular formula is C20H24N2O5S. The van der Waals surface area contributed by atoms with E-state index in [2.05, 4.69) is 5.32 Å². The van der Waals surface area contributed by atoms with Crippen LogP contribution in [0.2, 0.25) is 0 Å². The Morgan fingerprint density at radius 1 is 1.04 bits per heavy atom. The standard InChI is InChI=1S/C20H24N2O5S/c1-13-3-4-19(14(2)9-13)28(26,27)22-7-5-16(6-8-22)21-20(25)15-10-17(23)12-18(24)11-15/h3-4,9-12,16,23-24H,5-8H2,1-2H3,(H,21,25). The van der Waals surface area contributed by atoms with Crippen LogP contribution in [0.5, 0.6) is 11.5 Å². The predicted molar refractivity (Wildman–Crippen MR) is 105 cm³/mol. The Hall–Kier alpha value is -2.58. The number of carbonyl (C=O) groups excluding carboxylic acids is 1. The van der Waals surface area contributed by atoms with Gasteiger partial charge >= 0.3 is 0 Å². The third-order valence-electron chi connectivity index (χ3n) is 4.90. The number of hydrogen-bond donors (Lipinski definition) is 3. The van der Waals surface area contributed by atoms with Crippen molar-refractivity contribution < 1.29 is 23.4 Å². The Labute approximate surface area is 164 Å². The van der Waals surface area contributed by atoms with Gasteiger partial charge in [0, 0.05) is 30.8 Å². The van der Waals surface area contributed by atoms with E-state index in [0.29, 0.717) is 30.8 Å². The van der Waals surface area contributed by atoms with E-state index < -0.39 is 15.9 Å². The lowest BCUT2D eigenvalue weighted by atomic mass is 10.1. The molecule has 0 atom stereocenters. The Morgan fingerprint density at radius 2 is 1.64 bits per heavy atom. The quantitative estimate of drug-likeness (QED) is 0.725. The summed E-state index contributed by atoms with van der Waals surface area (Å²) in [6, 6.07) is 8.80. The van der Waals surface area contributed by atoms with Crippen molar-refractivity contribution in [2.75, 3.05) is 13.1 Å². The molecule has 8 heteroatoms. The molecule has 28 heavy (non-hydrogen) atoms. The van der Waals surface area contributed by atoms with Gasteiger partial charge in [0.25, 0.3) is 5.91 Å². The highest BCUT2D eigenvalue weighted by Crippen LogP contribution is 2.25. The summed E-state index contributed by atoms with van der Waals surface area (Å²) in [4.78, 5) is 12.6. The molecule has 2 aromatic rings. The van der Waals surface area contributed by atoms with Crippen LogP contribution in [0.25, 0.3) is 0 Å². The van der Waals surface area contributed by atoms with Gasteiger partial charge in [-0.2, -0.15) is 4.31 Å². The average Bonchev–Trinajstić information content (AvgIpc) is 2.61. The molecule has 1 saturated heterocycles. The van der Waals surface area contributed by atoms with Crippen LogP contribution in [-0.4, -0.2) is 48.0 Å². The first-order valence-electron chi connectivity index (χ1n) is 9.08. The second-order valence-electron chi connectivity index (χ2n) is 7.16. The van der Waals surface area contributed by atoms with Crippen molar-refractivity contribution in [3.05, 3.63) is 53.1 Å². The van der Waals surface area contributed by atoms with Gasteiger partial charge in [0.05, 0.1) is 4.90 Å². The Kier molecular flexibility index (Phi) is 5.62. The molecule has 1 aliphatic rings. The SMILES string of the molecule is Cc1ccc(S(=O)(=O)N2CCC(NC(=O)c3cc(O)cc(O)c3)CC2)c(C)c1. The highest BCUT2D eigenvalue weighted by Gasteiger charge is 2.31. The van der Waals surface area contributed by atoms with Gasteiger partial charge in [-0.15, -0.1) is 0 Å². The molecule has 1 fully saturated rings. The lowest BCUT2D eigenvalue weighted by molar-refractivity contribution is 0.0923. The summed E-state index contributed by atoms with van der Waals surface area (Å²) in [7, 11) is -3.57. The molecular weight excluding hydrogens is 380 g/mol. The number of hydrogen-bond acceptors (Lipinski definition) is 5. The number of carbonyl (C=O) groups is 1. The maximum Gasteiger partial charge on any atom is 0.251 e. The first kappa shape index (κ1) is 20.2. The molecule has 1 amide bonds. The summed E-state index contributed by atoms with van der Waals surface area (Å²) in [5.41, 5.74) is 1.89. The van der Waals surface area contributed by atoms with Gasteiger partial charge in [0.1, 0.15) is 11.5 Å². The fourth-order valence-corrected chi connectivity index (χ4v) is 5.14. The largest absolute Gasteiger partial charge is 0.508 e. The lowest BCUT2D eigenvalue weighted by Gasteiger charge is -2.32. The second kappa shape index (κ2) is 7.81. The smallest absolute Gasteiger partial charge is 0.251 e. The number of phenols is 2. The molecule has 0 bridgehead atoms. The highest BCUT2D eigenvalue weighted by atomic mass is 32.2. The third kappa shape index (κ3) is 4.28. The minimum atomic E-state index is -3.57. The van der Waals surface area contributed by atoms with Gasteiger partial charge in [-0.05, 0) is 50.5 Å². The van der Waals surface area contributed by atoms with Crippen LogP contribution >= 0.6 is 0 Å². The fraction of sp³-hybridized carbons (Fsp3) is 0.350. The Morgan fingerprint density at radius 3 is 2.21 bits per heavy atom. The van der Waals surface area contributed by atoms with Crippen molar-refractivity contribution in [1.82, 2.24) is 9.62 Å². The van der Waals surface area contributed by atoms with E-state index in [1.54, 1.807) is 19.1 Å². The van der Waals surface area contributed by atoms with Crippen LogP contribution in [0.1, 0.15) is 34.3 Å². The summed E-state index contributed by atoms with van der Waals surface area (Å²) in [5, 5.41) is 21.9. The van der Waals surface area contributed by atoms with Gasteiger partial charge in [0.15, 0.2) is 0 Å². The number of sulfonamides is 1. The predicted octanol–water partition coefficient (Wildman–Crippen LogP) is 2.30. The van der Waals surface area contributed by atoms with E-state index in [1.165, 1.54) is 16.4 Å². The molecule has 0 aromatic heterocycles. The van der Waals surface area contributed by atoms with E-state index in [4.69, 9.17) is 0 Å². The van der Waals surface area contributed by atoms with Gasteiger partial charge < -0.3 is 15.5 Å². The van der Waals surface area contributed by atoms with Gasteiger partial charge in [-0.1, -0.05) is 17.7 Å². The van der Waals surface area contributed by atoms with Crippen molar-refractivity contribution in [2.45, 2.75) is 37.6 Å². The molecule has 0 radical (unpaired) electrons. The van der Waals surface area contributed by atoms with Crippen molar-refractivity contribution in [2.24, 2.45) is 0 Å². The molecule has 0 aliphatic carbocycles. The summed E-state index contributed by atoms with van der Waals surface area (Å²) in [5.74, 6) is -0.805. The monoisotopic (exact) mass is 404 g/mol. The fourth-order valence-electron chi connectivity index (χ4n) is 3.46. The van der Waals surface area contributed by atoms with E-state index in [1.807, 2.05) is 13.0 Å². The van der Waals surface area contributed by atoms with Crippen LogP contribution < -0.4 is 5.32 Å². The molecule has 3 N–H and O–H groups in total. The number of phenolic OH excluding ortho intramolecular Hbond substituents is 2. The molecule has 7 nitrogen and oxygen atoms in total. The minimum absolute atomic E-state index is 0.155.